The summed E-state index contributed by atoms with van der Waals surface area (Å²) in [5.41, 5.74) is 0.226. The molecular formula is C21H16BrN3O5. The van der Waals surface area contributed by atoms with Crippen LogP contribution in [0.4, 0.5) is 5.69 Å². The summed E-state index contributed by atoms with van der Waals surface area (Å²) in [6.45, 7) is 0. The zero-order valence-corrected chi connectivity index (χ0v) is 17.2. The number of nitrogens with zero attached hydrogens (tertiary/aromatic N) is 3. The Labute approximate surface area is 179 Å². The Morgan fingerprint density at radius 3 is 2.37 bits per heavy atom. The van der Waals surface area contributed by atoms with Crippen molar-refractivity contribution >= 4 is 39.6 Å². The van der Waals surface area contributed by atoms with Crippen LogP contribution in [0.3, 0.4) is 0 Å². The van der Waals surface area contributed by atoms with Gasteiger partial charge in [0, 0.05) is 10.5 Å². The molecule has 0 unspecified atom stereocenters. The average molecular weight is 470 g/mol. The zero-order chi connectivity index (χ0) is 21.0. The van der Waals surface area contributed by atoms with Gasteiger partial charge < -0.3 is 4.42 Å². The fraction of sp³-hybridized carbons (Fsp3) is 0.286. The van der Waals surface area contributed by atoms with Crippen LogP contribution in [0, 0.1) is 33.8 Å². The van der Waals surface area contributed by atoms with Crippen LogP contribution in [0.5, 0.6) is 0 Å². The van der Waals surface area contributed by atoms with Gasteiger partial charge in [0.25, 0.3) is 17.5 Å². The Hall–Kier alpha value is -3.07. The number of amides is 2. The Bertz CT molecular complexity index is 1110. The van der Waals surface area contributed by atoms with Gasteiger partial charge in [-0.1, -0.05) is 28.1 Å². The van der Waals surface area contributed by atoms with Crippen molar-refractivity contribution in [3.8, 4) is 11.3 Å². The standard InChI is InChI=1S/C21H16BrN3O5/c22-13-5-7-15(16(9-13)25(28)29)17-8-6-14(30-17)10-23-24-20(26)18-11-1-2-12(4-3-11)19(18)21(24)27/h1-2,5-12,18-19H,3-4H2/b23-10-/t11-,12+,18-,19-/m0/s1. The fourth-order valence-electron chi connectivity index (χ4n) is 4.72. The quantitative estimate of drug-likeness (QED) is 0.220. The highest BCUT2D eigenvalue weighted by Gasteiger charge is 2.56. The van der Waals surface area contributed by atoms with Crippen molar-refractivity contribution < 1.29 is 18.9 Å². The van der Waals surface area contributed by atoms with Crippen LogP contribution in [0.15, 0.2) is 56.5 Å². The van der Waals surface area contributed by atoms with Gasteiger partial charge in [-0.25, -0.2) is 0 Å². The highest BCUT2D eigenvalue weighted by Crippen LogP contribution is 2.49. The molecule has 8 nitrogen and oxygen atoms in total. The minimum Gasteiger partial charge on any atom is -0.455 e. The number of allylic oxidation sites excluding steroid dienone is 2. The number of furan rings is 1. The largest absolute Gasteiger partial charge is 0.455 e. The molecule has 0 radical (unpaired) electrons. The second-order valence-electron chi connectivity index (χ2n) is 7.69. The molecule has 0 N–H and O–H groups in total. The van der Waals surface area contributed by atoms with Gasteiger partial charge in [0.1, 0.15) is 11.5 Å². The minimum absolute atomic E-state index is 0.0980. The van der Waals surface area contributed by atoms with Crippen LogP contribution in [0.1, 0.15) is 18.6 Å². The minimum atomic E-state index is -0.484. The summed E-state index contributed by atoms with van der Waals surface area (Å²) in [6.07, 6.45) is 7.25. The maximum Gasteiger partial charge on any atom is 0.281 e. The Morgan fingerprint density at radius 2 is 1.77 bits per heavy atom. The molecule has 2 bridgehead atoms. The van der Waals surface area contributed by atoms with Crippen LogP contribution in [-0.4, -0.2) is 28.0 Å². The maximum absolute atomic E-state index is 12.8. The molecule has 2 amide bonds. The van der Waals surface area contributed by atoms with Gasteiger partial charge in [0.05, 0.1) is 28.5 Å². The summed E-state index contributed by atoms with van der Waals surface area (Å²) >= 11 is 3.22. The Kier molecular flexibility index (Phi) is 4.43. The fourth-order valence-corrected chi connectivity index (χ4v) is 5.07. The van der Waals surface area contributed by atoms with Gasteiger partial charge in [-0.3, -0.25) is 19.7 Å². The highest BCUT2D eigenvalue weighted by molar-refractivity contribution is 9.10. The number of hydrogen-bond acceptors (Lipinski definition) is 6. The van der Waals surface area contributed by atoms with Crippen LogP contribution < -0.4 is 0 Å². The summed E-state index contributed by atoms with van der Waals surface area (Å²) in [5.74, 6) is -0.391. The number of hydrogen-bond donors (Lipinski definition) is 0. The summed E-state index contributed by atoms with van der Waals surface area (Å²) in [4.78, 5) is 36.4. The number of imide groups is 1. The first kappa shape index (κ1) is 18.9. The first-order valence-electron chi connectivity index (χ1n) is 9.58. The summed E-state index contributed by atoms with van der Waals surface area (Å²) in [6, 6.07) is 7.85. The van der Waals surface area contributed by atoms with E-state index in [9.17, 15) is 19.7 Å². The first-order chi connectivity index (χ1) is 14.4. The molecule has 1 aromatic carbocycles. The van der Waals surface area contributed by atoms with Gasteiger partial charge in [-0.05, 0) is 48.9 Å². The lowest BCUT2D eigenvalue weighted by molar-refractivity contribution is -0.384. The van der Waals surface area contributed by atoms with E-state index in [-0.39, 0.29) is 41.2 Å². The van der Waals surface area contributed by atoms with Crippen molar-refractivity contribution in [1.82, 2.24) is 5.01 Å². The van der Waals surface area contributed by atoms with Gasteiger partial charge in [0.2, 0.25) is 0 Å². The van der Waals surface area contributed by atoms with Gasteiger partial charge in [-0.2, -0.15) is 10.1 Å². The van der Waals surface area contributed by atoms with Gasteiger partial charge in [-0.15, -0.1) is 0 Å². The van der Waals surface area contributed by atoms with E-state index in [4.69, 9.17) is 4.42 Å². The first-order valence-corrected chi connectivity index (χ1v) is 10.4. The normalized spacial score (nSPS) is 27.3. The number of carbonyl (C=O) groups excluding carboxylic acids is 2. The molecule has 4 atom stereocenters. The van der Waals surface area contributed by atoms with Crippen molar-refractivity contribution in [3.05, 3.63) is 62.8 Å². The Balaban J connectivity index is 1.40. The third-order valence-corrected chi connectivity index (χ3v) is 6.58. The van der Waals surface area contributed by atoms with Crippen molar-refractivity contribution in [2.45, 2.75) is 12.8 Å². The lowest BCUT2D eigenvalue weighted by Crippen LogP contribution is -2.38. The van der Waals surface area contributed by atoms with Crippen LogP contribution in [-0.2, 0) is 9.59 Å². The molecular weight excluding hydrogens is 454 g/mol. The SMILES string of the molecule is O=C1[C@@H]2[C@@H](C(=O)N1/N=C\c1ccc(-c3ccc(Br)cc3[N+](=O)[O-])o1)[C@H]1C=C[C@@H]2CC1. The zero-order valence-electron chi connectivity index (χ0n) is 15.6. The van der Waals surface area contributed by atoms with Crippen LogP contribution in [0.2, 0.25) is 0 Å². The number of nitro benzene ring substituents is 1. The molecule has 2 fully saturated rings. The maximum atomic E-state index is 12.8. The molecule has 6 rings (SSSR count). The number of fused-ring (bicyclic) bond motifs is 1. The molecule has 4 aliphatic rings. The average Bonchev–Trinajstić information content (AvgIpc) is 3.31. The molecule has 1 aliphatic heterocycles. The van der Waals surface area contributed by atoms with E-state index in [0.717, 1.165) is 17.9 Å². The third kappa shape index (κ3) is 2.92. The molecule has 1 saturated heterocycles. The van der Waals surface area contributed by atoms with E-state index in [1.54, 1.807) is 24.3 Å². The number of hydrazone groups is 1. The van der Waals surface area contributed by atoms with E-state index in [1.165, 1.54) is 12.3 Å². The second kappa shape index (κ2) is 7.02. The van der Waals surface area contributed by atoms with Crippen LogP contribution in [0.25, 0.3) is 11.3 Å². The van der Waals surface area contributed by atoms with Crippen molar-refractivity contribution in [2.24, 2.45) is 28.8 Å². The molecule has 0 spiro atoms. The molecule has 2 aromatic rings. The molecule has 152 valence electrons. The van der Waals surface area contributed by atoms with Crippen LogP contribution >= 0.6 is 15.9 Å². The highest BCUT2D eigenvalue weighted by atomic mass is 79.9. The molecule has 9 heteroatoms. The van der Waals surface area contributed by atoms with Crippen molar-refractivity contribution in [3.63, 3.8) is 0 Å². The number of carbonyl (C=O) groups is 2. The number of benzene rings is 1. The smallest absolute Gasteiger partial charge is 0.281 e. The third-order valence-electron chi connectivity index (χ3n) is 6.09. The molecule has 30 heavy (non-hydrogen) atoms. The lowest BCUT2D eigenvalue weighted by Gasteiger charge is -2.37. The monoisotopic (exact) mass is 469 g/mol. The number of nitro groups is 1. The second-order valence-corrected chi connectivity index (χ2v) is 8.61. The van der Waals surface area contributed by atoms with Gasteiger partial charge in [0.15, 0.2) is 0 Å². The van der Waals surface area contributed by atoms with Crippen molar-refractivity contribution in [1.29, 1.82) is 0 Å². The van der Waals surface area contributed by atoms with E-state index in [0.29, 0.717) is 21.6 Å². The summed E-state index contributed by atoms with van der Waals surface area (Å²) in [7, 11) is 0. The predicted octanol–water partition coefficient (Wildman–Crippen LogP) is 4.15. The van der Waals surface area contributed by atoms with E-state index < -0.39 is 4.92 Å². The lowest BCUT2D eigenvalue weighted by atomic mass is 9.63. The summed E-state index contributed by atoms with van der Waals surface area (Å²) < 4.78 is 6.26. The predicted molar refractivity (Wildman–Crippen MR) is 110 cm³/mol. The molecule has 2 heterocycles. The topological polar surface area (TPSA) is 106 Å². The molecule has 1 saturated carbocycles. The summed E-state index contributed by atoms with van der Waals surface area (Å²) in [5, 5.41) is 16.4. The molecule has 3 aliphatic carbocycles. The van der Waals surface area contributed by atoms with Gasteiger partial charge >= 0.3 is 0 Å². The van der Waals surface area contributed by atoms with E-state index >= 15 is 0 Å². The number of halogens is 1. The van der Waals surface area contributed by atoms with E-state index in [1.807, 2.05) is 0 Å². The Morgan fingerprint density at radius 1 is 1.10 bits per heavy atom. The number of rotatable bonds is 4. The van der Waals surface area contributed by atoms with Crippen molar-refractivity contribution in [2.75, 3.05) is 0 Å². The molecule has 1 aromatic heterocycles. The van der Waals surface area contributed by atoms with E-state index in [2.05, 4.69) is 33.2 Å².